The molecule has 132 valence electrons. The molecule has 0 saturated carbocycles. The molecule has 1 atom stereocenters. The smallest absolute Gasteiger partial charge is 0.253 e. The lowest BCUT2D eigenvalue weighted by Crippen LogP contribution is -2.26. The molecule has 1 aliphatic heterocycles. The molecule has 1 amide bonds. The molecule has 0 spiro atoms. The monoisotopic (exact) mass is 341 g/mol. The summed E-state index contributed by atoms with van der Waals surface area (Å²) >= 11 is 0. The van der Waals surface area contributed by atoms with Gasteiger partial charge in [0.1, 0.15) is 11.9 Å². The number of amides is 1. The summed E-state index contributed by atoms with van der Waals surface area (Å²) in [6, 6.07) is 9.38. The van der Waals surface area contributed by atoms with Crippen molar-refractivity contribution in [3.63, 3.8) is 0 Å². The number of nitrogens with one attached hydrogen (secondary N) is 2. The number of carbonyl (C=O) groups is 1. The predicted octanol–water partition coefficient (Wildman–Crippen LogP) is 2.71. The van der Waals surface area contributed by atoms with Crippen LogP contribution in [0.25, 0.3) is 0 Å². The lowest BCUT2D eigenvalue weighted by Gasteiger charge is -2.14. The van der Waals surface area contributed by atoms with Gasteiger partial charge < -0.3 is 20.3 Å². The van der Waals surface area contributed by atoms with Crippen LogP contribution in [-0.4, -0.2) is 42.7 Å². The third-order valence-electron chi connectivity index (χ3n) is 3.93. The Hall–Kier alpha value is -2.67. The van der Waals surface area contributed by atoms with E-state index in [0.717, 1.165) is 35.7 Å². The topological polar surface area (TPSA) is 79.4 Å². The van der Waals surface area contributed by atoms with E-state index in [2.05, 4.69) is 20.6 Å². The summed E-state index contributed by atoms with van der Waals surface area (Å²) in [5, 5.41) is 6.07. The zero-order valence-corrected chi connectivity index (χ0v) is 14.7. The highest BCUT2D eigenvalue weighted by Crippen LogP contribution is 2.20. The molecule has 1 aromatic carbocycles. The zero-order valence-electron chi connectivity index (χ0n) is 14.7. The van der Waals surface area contributed by atoms with Gasteiger partial charge in [0.25, 0.3) is 5.91 Å². The number of nitrogens with zero attached hydrogens (tertiary/aromatic N) is 3. The Kier molecular flexibility index (Phi) is 5.14. The molecule has 2 heterocycles. The highest BCUT2D eigenvalue weighted by Gasteiger charge is 2.23. The SMILES string of the molecule is Cc1cc(N(C)C)nc(Nc2ccc(NC(=O)[C@@H]3CCCO3)cc2)n1. The number of hydrogen-bond donors (Lipinski definition) is 2. The maximum absolute atomic E-state index is 12.1. The van der Waals surface area contributed by atoms with E-state index in [4.69, 9.17) is 4.74 Å². The van der Waals surface area contributed by atoms with Gasteiger partial charge in [-0.05, 0) is 44.0 Å². The molecule has 0 bridgehead atoms. The van der Waals surface area contributed by atoms with Crippen molar-refractivity contribution in [3.8, 4) is 0 Å². The Morgan fingerprint density at radius 3 is 2.56 bits per heavy atom. The summed E-state index contributed by atoms with van der Waals surface area (Å²) < 4.78 is 5.39. The Morgan fingerprint density at radius 1 is 1.20 bits per heavy atom. The van der Waals surface area contributed by atoms with Gasteiger partial charge in [-0.1, -0.05) is 0 Å². The first kappa shape index (κ1) is 17.2. The maximum Gasteiger partial charge on any atom is 0.253 e. The largest absolute Gasteiger partial charge is 0.368 e. The van der Waals surface area contributed by atoms with E-state index in [0.29, 0.717) is 12.6 Å². The number of carbonyl (C=O) groups excluding carboxylic acids is 1. The molecule has 7 heteroatoms. The van der Waals surface area contributed by atoms with Gasteiger partial charge in [0, 0.05) is 43.8 Å². The van der Waals surface area contributed by atoms with Crippen molar-refractivity contribution < 1.29 is 9.53 Å². The molecular formula is C18H23N5O2. The van der Waals surface area contributed by atoms with Gasteiger partial charge in [-0.15, -0.1) is 0 Å². The van der Waals surface area contributed by atoms with E-state index in [9.17, 15) is 4.79 Å². The molecule has 0 aliphatic carbocycles. The summed E-state index contributed by atoms with van der Waals surface area (Å²) in [4.78, 5) is 22.9. The second-order valence-corrected chi connectivity index (χ2v) is 6.28. The molecule has 1 fully saturated rings. The van der Waals surface area contributed by atoms with Crippen LogP contribution in [-0.2, 0) is 9.53 Å². The Bertz CT molecular complexity index is 740. The van der Waals surface area contributed by atoms with Crippen LogP contribution in [0.4, 0.5) is 23.1 Å². The minimum atomic E-state index is -0.331. The standard InChI is InChI=1S/C18H23N5O2/c1-12-11-16(23(2)3)22-18(19-12)21-14-8-6-13(7-9-14)20-17(24)15-5-4-10-25-15/h6-9,11,15H,4-5,10H2,1-3H3,(H,20,24)(H,19,21,22)/t15-/m0/s1. The van der Waals surface area contributed by atoms with E-state index in [1.807, 2.05) is 56.3 Å². The Balaban J connectivity index is 1.65. The number of benzene rings is 1. The van der Waals surface area contributed by atoms with Crippen LogP contribution in [0.3, 0.4) is 0 Å². The normalized spacial score (nSPS) is 16.5. The number of hydrogen-bond acceptors (Lipinski definition) is 6. The van der Waals surface area contributed by atoms with E-state index >= 15 is 0 Å². The van der Waals surface area contributed by atoms with Gasteiger partial charge in [-0.25, -0.2) is 4.98 Å². The van der Waals surface area contributed by atoms with Gasteiger partial charge in [0.15, 0.2) is 0 Å². The average molecular weight is 341 g/mol. The fraction of sp³-hybridized carbons (Fsp3) is 0.389. The lowest BCUT2D eigenvalue weighted by atomic mass is 10.2. The summed E-state index contributed by atoms with van der Waals surface area (Å²) in [5.41, 5.74) is 2.48. The van der Waals surface area contributed by atoms with Crippen molar-refractivity contribution in [2.45, 2.75) is 25.9 Å². The fourth-order valence-corrected chi connectivity index (χ4v) is 2.61. The van der Waals surface area contributed by atoms with Crippen LogP contribution in [0, 0.1) is 6.92 Å². The third kappa shape index (κ3) is 4.45. The first-order valence-corrected chi connectivity index (χ1v) is 8.34. The second kappa shape index (κ2) is 7.48. The fourth-order valence-electron chi connectivity index (χ4n) is 2.61. The molecule has 1 aliphatic rings. The average Bonchev–Trinajstić information content (AvgIpc) is 3.11. The van der Waals surface area contributed by atoms with Crippen molar-refractivity contribution in [2.24, 2.45) is 0 Å². The summed E-state index contributed by atoms with van der Waals surface area (Å²) in [6.45, 7) is 2.59. The van der Waals surface area contributed by atoms with Gasteiger partial charge in [-0.2, -0.15) is 4.98 Å². The first-order chi connectivity index (χ1) is 12.0. The summed E-state index contributed by atoms with van der Waals surface area (Å²) in [5.74, 6) is 1.30. The number of aromatic nitrogens is 2. The minimum absolute atomic E-state index is 0.0872. The van der Waals surface area contributed by atoms with Gasteiger partial charge in [-0.3, -0.25) is 4.79 Å². The molecule has 7 nitrogen and oxygen atoms in total. The predicted molar refractivity (Wildman–Crippen MR) is 98.4 cm³/mol. The molecule has 0 radical (unpaired) electrons. The number of aryl methyl sites for hydroxylation is 1. The Morgan fingerprint density at radius 2 is 1.92 bits per heavy atom. The Labute approximate surface area is 147 Å². The van der Waals surface area contributed by atoms with Crippen molar-refractivity contribution in [1.29, 1.82) is 0 Å². The van der Waals surface area contributed by atoms with Crippen LogP contribution >= 0.6 is 0 Å². The van der Waals surface area contributed by atoms with Gasteiger partial charge in [0.05, 0.1) is 0 Å². The molecule has 3 rings (SSSR count). The van der Waals surface area contributed by atoms with Crippen molar-refractivity contribution in [3.05, 3.63) is 36.0 Å². The number of ether oxygens (including phenoxy) is 1. The molecular weight excluding hydrogens is 318 g/mol. The molecule has 2 N–H and O–H groups in total. The molecule has 2 aromatic rings. The van der Waals surface area contributed by atoms with Crippen LogP contribution < -0.4 is 15.5 Å². The van der Waals surface area contributed by atoms with Gasteiger partial charge in [0.2, 0.25) is 5.95 Å². The zero-order chi connectivity index (χ0) is 17.8. The maximum atomic E-state index is 12.1. The number of anilines is 4. The van der Waals surface area contributed by atoms with Crippen molar-refractivity contribution in [2.75, 3.05) is 36.2 Å². The van der Waals surface area contributed by atoms with Crippen LogP contribution in [0.5, 0.6) is 0 Å². The molecule has 1 saturated heterocycles. The van der Waals surface area contributed by atoms with E-state index in [1.165, 1.54) is 0 Å². The van der Waals surface area contributed by atoms with Crippen LogP contribution in [0.1, 0.15) is 18.5 Å². The third-order valence-corrected chi connectivity index (χ3v) is 3.93. The van der Waals surface area contributed by atoms with Crippen LogP contribution in [0.2, 0.25) is 0 Å². The lowest BCUT2D eigenvalue weighted by molar-refractivity contribution is -0.124. The van der Waals surface area contributed by atoms with E-state index < -0.39 is 0 Å². The van der Waals surface area contributed by atoms with Gasteiger partial charge >= 0.3 is 0 Å². The second-order valence-electron chi connectivity index (χ2n) is 6.28. The minimum Gasteiger partial charge on any atom is -0.368 e. The molecule has 1 aromatic heterocycles. The van der Waals surface area contributed by atoms with Crippen molar-refractivity contribution in [1.82, 2.24) is 9.97 Å². The van der Waals surface area contributed by atoms with E-state index in [1.54, 1.807) is 0 Å². The number of rotatable bonds is 5. The molecule has 0 unspecified atom stereocenters. The quantitative estimate of drug-likeness (QED) is 0.870. The first-order valence-electron chi connectivity index (χ1n) is 8.34. The summed E-state index contributed by atoms with van der Waals surface area (Å²) in [7, 11) is 3.88. The van der Waals surface area contributed by atoms with Crippen LogP contribution in [0.15, 0.2) is 30.3 Å². The highest BCUT2D eigenvalue weighted by atomic mass is 16.5. The van der Waals surface area contributed by atoms with Crippen molar-refractivity contribution >= 4 is 29.0 Å². The summed E-state index contributed by atoms with van der Waals surface area (Å²) in [6.07, 6.45) is 1.39. The molecule has 25 heavy (non-hydrogen) atoms. The highest BCUT2D eigenvalue weighted by molar-refractivity contribution is 5.94. The van der Waals surface area contributed by atoms with E-state index in [-0.39, 0.29) is 12.0 Å².